The van der Waals surface area contributed by atoms with Crippen LogP contribution in [0.2, 0.25) is 0 Å². The van der Waals surface area contributed by atoms with Crippen molar-refractivity contribution in [3.05, 3.63) is 28.0 Å². The molecule has 8 heteroatoms. The normalized spacial score (nSPS) is 18.9. The number of ether oxygens (including phenoxy) is 1. The van der Waals surface area contributed by atoms with Crippen LogP contribution in [0.4, 0.5) is 0 Å². The molecule has 1 saturated heterocycles. The number of nitrogens with zero attached hydrogens (tertiary/aromatic N) is 5. The molecule has 3 rings (SSSR count). The molecule has 0 aliphatic carbocycles. The molecular weight excluding hydrogens is 326 g/mol. The van der Waals surface area contributed by atoms with E-state index in [-0.39, 0.29) is 17.2 Å². The fourth-order valence-corrected chi connectivity index (χ4v) is 3.79. The summed E-state index contributed by atoms with van der Waals surface area (Å²) >= 11 is 1.79. The quantitative estimate of drug-likeness (QED) is 0.789. The number of likely N-dealkylation sites (tertiary alicyclic amines) is 1. The number of methoxy groups -OCH3 is 1. The largest absolute Gasteiger partial charge is 0.464 e. The lowest BCUT2D eigenvalue weighted by Crippen LogP contribution is -2.21. The second-order valence-corrected chi connectivity index (χ2v) is 8.25. The van der Waals surface area contributed by atoms with Gasteiger partial charge in [0, 0.05) is 36.1 Å². The molecule has 0 amide bonds. The number of aromatic nitrogens is 4. The molecule has 0 spiro atoms. The lowest BCUT2D eigenvalue weighted by atomic mass is 9.98. The third-order valence-electron chi connectivity index (χ3n) is 4.10. The average molecular weight is 349 g/mol. The van der Waals surface area contributed by atoms with Crippen LogP contribution in [0, 0.1) is 0 Å². The zero-order chi connectivity index (χ0) is 17.3. The van der Waals surface area contributed by atoms with E-state index in [0.717, 1.165) is 26.1 Å². The van der Waals surface area contributed by atoms with Gasteiger partial charge in [0.2, 0.25) is 0 Å². The summed E-state index contributed by atoms with van der Waals surface area (Å²) < 4.78 is 6.45. The minimum absolute atomic E-state index is 0.0987. The van der Waals surface area contributed by atoms with Crippen LogP contribution in [0.15, 0.2) is 12.4 Å². The summed E-state index contributed by atoms with van der Waals surface area (Å²) in [4.78, 5) is 19.7. The highest BCUT2D eigenvalue weighted by atomic mass is 32.1. The first kappa shape index (κ1) is 17.0. The van der Waals surface area contributed by atoms with E-state index in [4.69, 9.17) is 0 Å². The summed E-state index contributed by atoms with van der Waals surface area (Å²) in [5.41, 5.74) is 0.356. The Hall–Kier alpha value is -1.80. The molecule has 0 saturated carbocycles. The van der Waals surface area contributed by atoms with Crippen molar-refractivity contribution in [1.29, 1.82) is 0 Å². The fraction of sp³-hybridized carbons (Fsp3) is 0.625. The molecule has 0 aromatic carbocycles. The molecule has 2 aromatic heterocycles. The summed E-state index contributed by atoms with van der Waals surface area (Å²) in [6, 6.07) is 0.242. The van der Waals surface area contributed by atoms with Crippen LogP contribution in [-0.4, -0.2) is 51.0 Å². The average Bonchev–Trinajstić information content (AvgIpc) is 3.25. The van der Waals surface area contributed by atoms with Crippen LogP contribution in [0.1, 0.15) is 53.6 Å². The summed E-state index contributed by atoms with van der Waals surface area (Å²) in [5, 5.41) is 9.13. The van der Waals surface area contributed by atoms with Crippen molar-refractivity contribution in [2.24, 2.45) is 0 Å². The monoisotopic (exact) mass is 349 g/mol. The minimum Gasteiger partial charge on any atom is -0.464 e. The number of esters is 1. The fourth-order valence-electron chi connectivity index (χ4n) is 2.77. The van der Waals surface area contributed by atoms with Gasteiger partial charge in [0.25, 0.3) is 0 Å². The first-order chi connectivity index (χ1) is 11.4. The highest BCUT2D eigenvalue weighted by molar-refractivity contribution is 7.11. The lowest BCUT2D eigenvalue weighted by molar-refractivity contribution is 0.0594. The molecule has 1 aliphatic heterocycles. The Kier molecular flexibility index (Phi) is 4.69. The number of rotatable bonds is 4. The van der Waals surface area contributed by atoms with Gasteiger partial charge in [0.05, 0.1) is 24.4 Å². The van der Waals surface area contributed by atoms with Gasteiger partial charge in [-0.3, -0.25) is 4.90 Å². The molecule has 2 aromatic rings. The van der Waals surface area contributed by atoms with Crippen molar-refractivity contribution in [2.45, 2.75) is 45.2 Å². The van der Waals surface area contributed by atoms with Crippen molar-refractivity contribution >= 4 is 17.3 Å². The Morgan fingerprint density at radius 1 is 1.46 bits per heavy atom. The van der Waals surface area contributed by atoms with Crippen molar-refractivity contribution in [2.75, 3.05) is 20.2 Å². The maximum atomic E-state index is 11.5. The topological polar surface area (TPSA) is 73.1 Å². The molecule has 130 valence electrons. The molecule has 0 N–H and O–H groups in total. The number of hydrogen-bond acceptors (Lipinski definition) is 7. The van der Waals surface area contributed by atoms with Crippen LogP contribution < -0.4 is 0 Å². The van der Waals surface area contributed by atoms with Crippen LogP contribution in [0.25, 0.3) is 0 Å². The molecule has 1 atom stereocenters. The summed E-state index contributed by atoms with van der Waals surface area (Å²) in [6.07, 6.45) is 4.66. The summed E-state index contributed by atoms with van der Waals surface area (Å²) in [7, 11) is 1.35. The van der Waals surface area contributed by atoms with Gasteiger partial charge >= 0.3 is 5.97 Å². The standard InChI is InChI=1S/C16H23N5O2S/c1-16(2,3)15-17-7-12(24-15)9-20-6-5-11(8-20)21-10-13(18-19-21)14(22)23-4/h7,10-11H,5-6,8-9H2,1-4H3/t11-/m0/s1. The molecular formula is C16H23N5O2S. The molecule has 7 nitrogen and oxygen atoms in total. The van der Waals surface area contributed by atoms with E-state index in [1.54, 1.807) is 22.2 Å². The SMILES string of the molecule is COC(=O)c1cn([C@H]2CCN(Cc3cnc(C(C)(C)C)s3)C2)nn1. The zero-order valence-corrected chi connectivity index (χ0v) is 15.3. The van der Waals surface area contributed by atoms with Crippen LogP contribution in [0.3, 0.4) is 0 Å². The highest BCUT2D eigenvalue weighted by Gasteiger charge is 2.27. The Morgan fingerprint density at radius 3 is 2.92 bits per heavy atom. The van der Waals surface area contributed by atoms with E-state index in [0.29, 0.717) is 0 Å². The number of hydrogen-bond donors (Lipinski definition) is 0. The van der Waals surface area contributed by atoms with Gasteiger partial charge in [0.15, 0.2) is 5.69 Å². The first-order valence-corrected chi connectivity index (χ1v) is 8.86. The van der Waals surface area contributed by atoms with E-state index in [2.05, 4.69) is 45.7 Å². The molecule has 0 radical (unpaired) electrons. The molecule has 1 aliphatic rings. The van der Waals surface area contributed by atoms with E-state index < -0.39 is 5.97 Å². The maximum absolute atomic E-state index is 11.5. The van der Waals surface area contributed by atoms with Gasteiger partial charge in [-0.1, -0.05) is 26.0 Å². The minimum atomic E-state index is -0.449. The van der Waals surface area contributed by atoms with Crippen molar-refractivity contribution in [3.8, 4) is 0 Å². The third-order valence-corrected chi connectivity index (χ3v) is 5.51. The van der Waals surface area contributed by atoms with Crippen molar-refractivity contribution in [3.63, 3.8) is 0 Å². The molecule has 0 bridgehead atoms. The highest BCUT2D eigenvalue weighted by Crippen LogP contribution is 2.29. The lowest BCUT2D eigenvalue weighted by Gasteiger charge is -2.15. The Morgan fingerprint density at radius 2 is 2.25 bits per heavy atom. The van der Waals surface area contributed by atoms with E-state index in [1.807, 2.05) is 6.20 Å². The summed E-state index contributed by atoms with van der Waals surface area (Å²) in [6.45, 7) is 9.36. The van der Waals surface area contributed by atoms with Crippen LogP contribution in [0.5, 0.6) is 0 Å². The molecule has 24 heavy (non-hydrogen) atoms. The number of carbonyl (C=O) groups excluding carboxylic acids is 1. The van der Waals surface area contributed by atoms with Gasteiger partial charge in [-0.2, -0.15) is 0 Å². The number of thiazole rings is 1. The van der Waals surface area contributed by atoms with E-state index >= 15 is 0 Å². The molecule has 1 fully saturated rings. The number of carbonyl (C=O) groups is 1. The van der Waals surface area contributed by atoms with E-state index in [9.17, 15) is 4.79 Å². The second kappa shape index (κ2) is 6.60. The van der Waals surface area contributed by atoms with Gasteiger partial charge in [-0.05, 0) is 6.42 Å². The Bertz CT molecular complexity index is 718. The Labute approximate surface area is 145 Å². The zero-order valence-electron chi connectivity index (χ0n) is 14.5. The van der Waals surface area contributed by atoms with Gasteiger partial charge in [-0.25, -0.2) is 14.5 Å². The van der Waals surface area contributed by atoms with Crippen LogP contribution >= 0.6 is 11.3 Å². The first-order valence-electron chi connectivity index (χ1n) is 8.04. The van der Waals surface area contributed by atoms with E-state index in [1.165, 1.54) is 17.0 Å². The van der Waals surface area contributed by atoms with Gasteiger partial charge in [0.1, 0.15) is 0 Å². The Balaban J connectivity index is 1.60. The second-order valence-electron chi connectivity index (χ2n) is 7.13. The maximum Gasteiger partial charge on any atom is 0.360 e. The predicted octanol–water partition coefficient (Wildman–Crippen LogP) is 2.27. The third kappa shape index (κ3) is 3.64. The van der Waals surface area contributed by atoms with Gasteiger partial charge in [-0.15, -0.1) is 16.4 Å². The predicted molar refractivity (Wildman–Crippen MR) is 91.1 cm³/mol. The summed E-state index contributed by atoms with van der Waals surface area (Å²) in [5.74, 6) is -0.449. The van der Waals surface area contributed by atoms with Crippen LogP contribution in [-0.2, 0) is 16.7 Å². The molecule has 0 unspecified atom stereocenters. The van der Waals surface area contributed by atoms with Crippen molar-refractivity contribution < 1.29 is 9.53 Å². The van der Waals surface area contributed by atoms with Crippen molar-refractivity contribution in [1.82, 2.24) is 24.9 Å². The molecule has 3 heterocycles. The van der Waals surface area contributed by atoms with Gasteiger partial charge < -0.3 is 4.74 Å². The smallest absolute Gasteiger partial charge is 0.360 e.